The summed E-state index contributed by atoms with van der Waals surface area (Å²) in [5, 5.41) is 2.48. The topological polar surface area (TPSA) is 69.7 Å². The lowest BCUT2D eigenvalue weighted by molar-refractivity contribution is -0.116. The third kappa shape index (κ3) is 4.32. The van der Waals surface area contributed by atoms with E-state index in [-0.39, 0.29) is 30.9 Å². The number of anilines is 1. The average molecular weight is 395 g/mol. The maximum atomic E-state index is 13.8. The predicted molar refractivity (Wildman–Crippen MR) is 97.1 cm³/mol. The van der Waals surface area contributed by atoms with Crippen molar-refractivity contribution in [1.82, 2.24) is 8.61 Å². The molecule has 0 unspecified atom stereocenters. The van der Waals surface area contributed by atoms with E-state index in [2.05, 4.69) is 5.32 Å². The highest BCUT2D eigenvalue weighted by Gasteiger charge is 2.37. The van der Waals surface area contributed by atoms with Crippen LogP contribution in [0.1, 0.15) is 11.1 Å². The van der Waals surface area contributed by atoms with Crippen molar-refractivity contribution in [1.29, 1.82) is 0 Å². The van der Waals surface area contributed by atoms with E-state index in [1.54, 1.807) is 19.1 Å². The molecule has 9 heteroatoms. The molecule has 0 saturated carbocycles. The Hall–Kier alpha value is -2.36. The highest BCUT2D eigenvalue weighted by atomic mass is 32.2. The first-order valence-electron chi connectivity index (χ1n) is 8.32. The zero-order valence-electron chi connectivity index (χ0n) is 14.7. The molecule has 3 rings (SSSR count). The summed E-state index contributed by atoms with van der Waals surface area (Å²) >= 11 is 0. The number of carbonyl (C=O) groups excluding carboxylic acids is 1. The van der Waals surface area contributed by atoms with Gasteiger partial charge in [0.2, 0.25) is 5.91 Å². The van der Waals surface area contributed by atoms with Crippen LogP contribution in [0.5, 0.6) is 0 Å². The molecule has 0 radical (unpaired) electrons. The Morgan fingerprint density at radius 3 is 2.48 bits per heavy atom. The molecule has 2 aromatic rings. The Bertz CT molecular complexity index is 966. The molecule has 0 aliphatic carbocycles. The molecule has 1 aliphatic rings. The molecule has 0 spiro atoms. The van der Waals surface area contributed by atoms with Crippen LogP contribution < -0.4 is 5.32 Å². The first-order valence-corrected chi connectivity index (χ1v) is 9.71. The second-order valence-electron chi connectivity index (χ2n) is 6.28. The molecule has 1 amide bonds. The van der Waals surface area contributed by atoms with Crippen LogP contribution in [0.15, 0.2) is 42.5 Å². The quantitative estimate of drug-likeness (QED) is 0.845. The lowest BCUT2D eigenvalue weighted by Crippen LogP contribution is -2.38. The summed E-state index contributed by atoms with van der Waals surface area (Å²) in [5.74, 6) is -1.52. The van der Waals surface area contributed by atoms with Gasteiger partial charge in [-0.2, -0.15) is 17.0 Å². The fraction of sp³-hybridized carbons (Fsp3) is 0.278. The van der Waals surface area contributed by atoms with Crippen LogP contribution in [0.2, 0.25) is 0 Å². The average Bonchev–Trinajstić information content (AvgIpc) is 2.87. The van der Waals surface area contributed by atoms with Crippen LogP contribution in [0.4, 0.5) is 14.5 Å². The molecular formula is C18H19F2N3O3S. The van der Waals surface area contributed by atoms with Gasteiger partial charge < -0.3 is 5.32 Å². The van der Waals surface area contributed by atoms with E-state index in [9.17, 15) is 22.0 Å². The summed E-state index contributed by atoms with van der Waals surface area (Å²) in [5.41, 5.74) is 0.962. The highest BCUT2D eigenvalue weighted by Crippen LogP contribution is 2.21. The van der Waals surface area contributed by atoms with Gasteiger partial charge in [-0.05, 0) is 30.7 Å². The molecule has 1 saturated heterocycles. The third-order valence-corrected chi connectivity index (χ3v) is 6.26. The van der Waals surface area contributed by atoms with Crippen molar-refractivity contribution in [3.8, 4) is 0 Å². The molecule has 1 heterocycles. The molecule has 1 N–H and O–H groups in total. The molecule has 0 aromatic heterocycles. The summed E-state index contributed by atoms with van der Waals surface area (Å²) in [7, 11) is -3.88. The smallest absolute Gasteiger partial charge is 0.282 e. The van der Waals surface area contributed by atoms with Crippen molar-refractivity contribution < 1.29 is 22.0 Å². The Morgan fingerprint density at radius 1 is 1.07 bits per heavy atom. The maximum Gasteiger partial charge on any atom is 0.282 e. The summed E-state index contributed by atoms with van der Waals surface area (Å²) in [4.78, 5) is 12.2. The minimum Gasteiger partial charge on any atom is -0.325 e. The van der Waals surface area contributed by atoms with Crippen molar-refractivity contribution in [3.63, 3.8) is 0 Å². The Kier molecular flexibility index (Phi) is 5.54. The van der Waals surface area contributed by atoms with Crippen molar-refractivity contribution in [2.75, 3.05) is 25.0 Å². The number of benzene rings is 2. The normalized spacial score (nSPS) is 17.1. The van der Waals surface area contributed by atoms with Crippen LogP contribution in [-0.4, -0.2) is 42.6 Å². The van der Waals surface area contributed by atoms with Crippen LogP contribution in [0.25, 0.3) is 0 Å². The SMILES string of the molecule is Cc1ccc(NC(=O)CN2CCN(Cc3ccccc3F)S2(=O)=O)cc1F. The van der Waals surface area contributed by atoms with Gasteiger partial charge in [-0.1, -0.05) is 24.3 Å². The van der Waals surface area contributed by atoms with E-state index in [1.807, 2.05) is 0 Å². The summed E-state index contributed by atoms with van der Waals surface area (Å²) in [6.45, 7) is 1.37. The third-order valence-electron chi connectivity index (χ3n) is 4.33. The zero-order valence-corrected chi connectivity index (χ0v) is 15.5. The standard InChI is InChI=1S/C18H19F2N3O3S/c1-13-6-7-15(10-17(13)20)21-18(24)12-23-9-8-22(27(23,25)26)11-14-4-2-3-5-16(14)19/h2-7,10H,8-9,11-12H2,1H3,(H,21,24). The minimum atomic E-state index is -3.88. The van der Waals surface area contributed by atoms with Gasteiger partial charge >= 0.3 is 0 Å². The van der Waals surface area contributed by atoms with E-state index >= 15 is 0 Å². The summed E-state index contributed by atoms with van der Waals surface area (Å²) in [6, 6.07) is 10.2. The number of aryl methyl sites for hydroxylation is 1. The number of carbonyl (C=O) groups is 1. The number of hydrogen-bond donors (Lipinski definition) is 1. The van der Waals surface area contributed by atoms with E-state index < -0.39 is 34.3 Å². The van der Waals surface area contributed by atoms with Crippen molar-refractivity contribution in [3.05, 3.63) is 65.2 Å². The number of rotatable bonds is 5. The molecular weight excluding hydrogens is 376 g/mol. The number of amides is 1. The molecule has 2 aromatic carbocycles. The molecule has 144 valence electrons. The second kappa shape index (κ2) is 7.71. The largest absolute Gasteiger partial charge is 0.325 e. The van der Waals surface area contributed by atoms with Crippen LogP contribution in [-0.2, 0) is 21.5 Å². The second-order valence-corrected chi connectivity index (χ2v) is 8.21. The van der Waals surface area contributed by atoms with Crippen molar-refractivity contribution >= 4 is 21.8 Å². The Labute approximate surface area is 156 Å². The Morgan fingerprint density at radius 2 is 1.78 bits per heavy atom. The number of halogens is 2. The van der Waals surface area contributed by atoms with Gasteiger partial charge in [0.05, 0.1) is 6.54 Å². The maximum absolute atomic E-state index is 13.8. The minimum absolute atomic E-state index is 0.101. The fourth-order valence-corrected chi connectivity index (χ4v) is 4.32. The first-order chi connectivity index (χ1) is 12.8. The summed E-state index contributed by atoms with van der Waals surface area (Å²) in [6.07, 6.45) is 0. The van der Waals surface area contributed by atoms with E-state index in [0.717, 1.165) is 8.61 Å². The van der Waals surface area contributed by atoms with E-state index in [1.165, 1.54) is 30.3 Å². The number of hydrogen-bond acceptors (Lipinski definition) is 3. The van der Waals surface area contributed by atoms with Crippen LogP contribution in [0.3, 0.4) is 0 Å². The molecule has 0 bridgehead atoms. The predicted octanol–water partition coefficient (Wildman–Crippen LogP) is 2.27. The zero-order chi connectivity index (χ0) is 19.6. The van der Waals surface area contributed by atoms with Gasteiger partial charge in [0.15, 0.2) is 0 Å². The van der Waals surface area contributed by atoms with Gasteiger partial charge in [-0.15, -0.1) is 0 Å². The summed E-state index contributed by atoms with van der Waals surface area (Å²) < 4.78 is 54.6. The number of nitrogens with zero attached hydrogens (tertiary/aromatic N) is 2. The van der Waals surface area contributed by atoms with Crippen molar-refractivity contribution in [2.24, 2.45) is 0 Å². The van der Waals surface area contributed by atoms with Gasteiger partial charge in [0.1, 0.15) is 11.6 Å². The monoisotopic (exact) mass is 395 g/mol. The Balaban J connectivity index is 1.65. The molecule has 1 aliphatic heterocycles. The molecule has 27 heavy (non-hydrogen) atoms. The molecule has 0 atom stereocenters. The highest BCUT2D eigenvalue weighted by molar-refractivity contribution is 7.87. The fourth-order valence-electron chi connectivity index (χ4n) is 2.79. The van der Waals surface area contributed by atoms with Crippen LogP contribution >= 0.6 is 0 Å². The lowest BCUT2D eigenvalue weighted by Gasteiger charge is -2.18. The van der Waals surface area contributed by atoms with E-state index in [0.29, 0.717) is 5.56 Å². The van der Waals surface area contributed by atoms with E-state index in [4.69, 9.17) is 0 Å². The molecule has 6 nitrogen and oxygen atoms in total. The van der Waals surface area contributed by atoms with Gasteiger partial charge in [0, 0.05) is 30.9 Å². The van der Waals surface area contributed by atoms with Gasteiger partial charge in [0.25, 0.3) is 10.2 Å². The van der Waals surface area contributed by atoms with Gasteiger partial charge in [-0.3, -0.25) is 4.79 Å². The first kappa shape index (κ1) is 19.4. The van der Waals surface area contributed by atoms with Crippen LogP contribution in [0, 0.1) is 18.6 Å². The van der Waals surface area contributed by atoms with Gasteiger partial charge in [-0.25, -0.2) is 8.78 Å². The molecule has 1 fully saturated rings. The van der Waals surface area contributed by atoms with Crippen molar-refractivity contribution in [2.45, 2.75) is 13.5 Å². The number of nitrogens with one attached hydrogen (secondary N) is 1. The lowest BCUT2D eigenvalue weighted by atomic mass is 10.2.